The van der Waals surface area contributed by atoms with Gasteiger partial charge in [-0.1, -0.05) is 29.8 Å². The molecule has 1 aromatic carbocycles. The Labute approximate surface area is 94.2 Å². The largest absolute Gasteiger partial charge is 0.0856 e. The van der Waals surface area contributed by atoms with Crippen molar-refractivity contribution in [2.75, 3.05) is 0 Å². The van der Waals surface area contributed by atoms with Crippen LogP contribution in [0.25, 0.3) is 0 Å². The highest BCUT2D eigenvalue weighted by molar-refractivity contribution is 14.1. The van der Waals surface area contributed by atoms with Crippen molar-refractivity contribution in [2.45, 2.75) is 26.7 Å². The second-order valence-corrected chi connectivity index (χ2v) is 4.57. The summed E-state index contributed by atoms with van der Waals surface area (Å²) in [4.78, 5) is 0. The van der Waals surface area contributed by atoms with E-state index in [0.29, 0.717) is 0 Å². The molecule has 0 aliphatic heterocycles. The highest BCUT2D eigenvalue weighted by atomic mass is 127. The summed E-state index contributed by atoms with van der Waals surface area (Å²) in [7, 11) is 0. The number of rotatable bonds is 3. The minimum absolute atomic E-state index is 1.16. The van der Waals surface area contributed by atoms with Gasteiger partial charge in [0, 0.05) is 3.57 Å². The average molecular weight is 286 g/mol. The molecule has 1 aromatic rings. The summed E-state index contributed by atoms with van der Waals surface area (Å²) in [6, 6.07) is 8.57. The first kappa shape index (κ1) is 10.8. The third-order valence-corrected chi connectivity index (χ3v) is 2.98. The Balaban J connectivity index is 2.55. The first-order chi connectivity index (χ1) is 6.20. The van der Waals surface area contributed by atoms with Crippen LogP contribution in [-0.4, -0.2) is 0 Å². The Morgan fingerprint density at radius 2 is 2.00 bits per heavy atom. The van der Waals surface area contributed by atoms with E-state index in [1.807, 2.05) is 0 Å². The summed E-state index contributed by atoms with van der Waals surface area (Å²) in [6.07, 6.45) is 4.61. The molecule has 0 atom stereocenters. The van der Waals surface area contributed by atoms with Crippen LogP contribution in [0.4, 0.5) is 0 Å². The van der Waals surface area contributed by atoms with Crippen molar-refractivity contribution < 1.29 is 0 Å². The predicted octanol–water partition coefficient (Wildman–Crippen LogP) is 4.19. The van der Waals surface area contributed by atoms with E-state index < -0.39 is 0 Å². The van der Waals surface area contributed by atoms with Crippen molar-refractivity contribution in [1.29, 1.82) is 0 Å². The van der Waals surface area contributed by atoms with Crippen LogP contribution < -0.4 is 0 Å². The van der Waals surface area contributed by atoms with Gasteiger partial charge in [0.05, 0.1) is 0 Å². The molecule has 0 radical (unpaired) electrons. The predicted molar refractivity (Wildman–Crippen MR) is 66.9 cm³/mol. The van der Waals surface area contributed by atoms with Gasteiger partial charge in [-0.25, -0.2) is 0 Å². The van der Waals surface area contributed by atoms with E-state index in [9.17, 15) is 0 Å². The fourth-order valence-corrected chi connectivity index (χ4v) is 1.87. The van der Waals surface area contributed by atoms with Gasteiger partial charge >= 0.3 is 0 Å². The first-order valence-corrected chi connectivity index (χ1v) is 5.65. The Bertz CT molecular complexity index is 296. The summed E-state index contributed by atoms with van der Waals surface area (Å²) < 4.78 is 1.38. The Morgan fingerprint density at radius 1 is 1.31 bits per heavy atom. The monoisotopic (exact) mass is 286 g/mol. The maximum Gasteiger partial charge on any atom is 0.0162 e. The van der Waals surface area contributed by atoms with E-state index in [4.69, 9.17) is 0 Å². The summed E-state index contributed by atoms with van der Waals surface area (Å²) in [5.41, 5.74) is 2.87. The van der Waals surface area contributed by atoms with Gasteiger partial charge in [0.2, 0.25) is 0 Å². The topological polar surface area (TPSA) is 0 Å². The molecule has 0 aliphatic rings. The molecule has 0 aromatic heterocycles. The van der Waals surface area contributed by atoms with Crippen molar-refractivity contribution in [2.24, 2.45) is 0 Å². The molecule has 1 rings (SSSR count). The molecule has 0 unspecified atom stereocenters. The third kappa shape index (κ3) is 3.94. The molecule has 13 heavy (non-hydrogen) atoms. The SMILES string of the molecule is CC(C)=CCCc1ccccc1I. The summed E-state index contributed by atoms with van der Waals surface area (Å²) in [5.74, 6) is 0. The van der Waals surface area contributed by atoms with Crippen molar-refractivity contribution in [3.8, 4) is 0 Å². The van der Waals surface area contributed by atoms with Crippen molar-refractivity contribution in [3.63, 3.8) is 0 Å². The van der Waals surface area contributed by atoms with Crippen LogP contribution in [0.1, 0.15) is 25.8 Å². The highest BCUT2D eigenvalue weighted by Gasteiger charge is 1.95. The van der Waals surface area contributed by atoms with Gasteiger partial charge in [-0.2, -0.15) is 0 Å². The van der Waals surface area contributed by atoms with Gasteiger partial charge in [-0.05, 0) is 60.9 Å². The van der Waals surface area contributed by atoms with Gasteiger partial charge < -0.3 is 0 Å². The number of hydrogen-bond acceptors (Lipinski definition) is 0. The van der Waals surface area contributed by atoms with Crippen molar-refractivity contribution >= 4 is 22.6 Å². The molecule has 0 saturated carbocycles. The maximum atomic E-state index is 2.40. The summed E-state index contributed by atoms with van der Waals surface area (Å²) >= 11 is 2.40. The van der Waals surface area contributed by atoms with Crippen LogP contribution in [0.2, 0.25) is 0 Å². The van der Waals surface area contributed by atoms with E-state index in [2.05, 4.69) is 66.8 Å². The maximum absolute atomic E-state index is 2.40. The van der Waals surface area contributed by atoms with Gasteiger partial charge in [-0.15, -0.1) is 0 Å². The molecule has 0 aliphatic carbocycles. The van der Waals surface area contributed by atoms with Crippen LogP contribution in [0.3, 0.4) is 0 Å². The lowest BCUT2D eigenvalue weighted by Crippen LogP contribution is -1.87. The fourth-order valence-electron chi connectivity index (χ4n) is 1.22. The lowest BCUT2D eigenvalue weighted by atomic mass is 10.1. The highest BCUT2D eigenvalue weighted by Crippen LogP contribution is 2.13. The standard InChI is InChI=1S/C12H15I/c1-10(2)6-5-8-11-7-3-4-9-12(11)13/h3-4,6-7,9H,5,8H2,1-2H3. The number of hydrogen-bond donors (Lipinski definition) is 0. The Hall–Kier alpha value is -0.310. The summed E-state index contributed by atoms with van der Waals surface area (Å²) in [6.45, 7) is 4.30. The summed E-state index contributed by atoms with van der Waals surface area (Å²) in [5, 5.41) is 0. The molecule has 70 valence electrons. The number of aryl methyl sites for hydroxylation is 1. The molecule has 0 saturated heterocycles. The average Bonchev–Trinajstić information content (AvgIpc) is 2.08. The van der Waals surface area contributed by atoms with E-state index in [-0.39, 0.29) is 0 Å². The van der Waals surface area contributed by atoms with E-state index >= 15 is 0 Å². The number of benzene rings is 1. The quantitative estimate of drug-likeness (QED) is 0.577. The molecule has 0 nitrogen and oxygen atoms in total. The zero-order chi connectivity index (χ0) is 9.68. The zero-order valence-electron chi connectivity index (χ0n) is 8.18. The number of allylic oxidation sites excluding steroid dienone is 2. The van der Waals surface area contributed by atoms with Gasteiger partial charge in [0.25, 0.3) is 0 Å². The molecule has 0 fully saturated rings. The molecule has 0 N–H and O–H groups in total. The molecular weight excluding hydrogens is 271 g/mol. The van der Waals surface area contributed by atoms with Crippen LogP contribution in [0.15, 0.2) is 35.9 Å². The number of halogens is 1. The van der Waals surface area contributed by atoms with Crippen molar-refractivity contribution in [1.82, 2.24) is 0 Å². The Kier molecular flexibility index (Phi) is 4.50. The molecule has 1 heteroatoms. The lowest BCUT2D eigenvalue weighted by Gasteiger charge is -2.01. The van der Waals surface area contributed by atoms with Crippen LogP contribution in [-0.2, 0) is 6.42 Å². The fraction of sp³-hybridized carbons (Fsp3) is 0.333. The second kappa shape index (κ2) is 5.43. The van der Waals surface area contributed by atoms with E-state index in [1.54, 1.807) is 0 Å². The Morgan fingerprint density at radius 3 is 2.62 bits per heavy atom. The molecule has 0 amide bonds. The molecule has 0 spiro atoms. The van der Waals surface area contributed by atoms with E-state index in [0.717, 1.165) is 12.8 Å². The minimum Gasteiger partial charge on any atom is -0.0856 e. The zero-order valence-corrected chi connectivity index (χ0v) is 10.3. The minimum atomic E-state index is 1.16. The van der Waals surface area contributed by atoms with Gasteiger partial charge in [0.15, 0.2) is 0 Å². The van der Waals surface area contributed by atoms with Crippen LogP contribution in [0, 0.1) is 3.57 Å². The second-order valence-electron chi connectivity index (χ2n) is 3.41. The normalized spacial score (nSPS) is 9.77. The van der Waals surface area contributed by atoms with Crippen molar-refractivity contribution in [3.05, 3.63) is 45.0 Å². The van der Waals surface area contributed by atoms with E-state index in [1.165, 1.54) is 14.7 Å². The molecule has 0 heterocycles. The first-order valence-electron chi connectivity index (χ1n) is 4.57. The van der Waals surface area contributed by atoms with Gasteiger partial charge in [0.1, 0.15) is 0 Å². The lowest BCUT2D eigenvalue weighted by molar-refractivity contribution is 0.981. The van der Waals surface area contributed by atoms with Crippen LogP contribution >= 0.6 is 22.6 Å². The molecular formula is C12H15I. The third-order valence-electron chi connectivity index (χ3n) is 1.92. The molecule has 0 bridgehead atoms. The van der Waals surface area contributed by atoms with Gasteiger partial charge in [-0.3, -0.25) is 0 Å². The smallest absolute Gasteiger partial charge is 0.0162 e. The van der Waals surface area contributed by atoms with Crippen LogP contribution in [0.5, 0.6) is 0 Å².